The molecule has 0 saturated heterocycles. The molecule has 1 atom stereocenters. The Morgan fingerprint density at radius 2 is 1.83 bits per heavy atom. The van der Waals surface area contributed by atoms with Gasteiger partial charge in [-0.2, -0.15) is 0 Å². The summed E-state index contributed by atoms with van der Waals surface area (Å²) in [6.45, 7) is 3.90. The van der Waals surface area contributed by atoms with Gasteiger partial charge >= 0.3 is 6.03 Å². The molecule has 0 fully saturated rings. The first-order valence-corrected chi connectivity index (χ1v) is 8.34. The average Bonchev–Trinajstić information content (AvgIpc) is 2.99. The van der Waals surface area contributed by atoms with E-state index < -0.39 is 12.1 Å². The molecule has 0 bridgehead atoms. The first-order chi connectivity index (χ1) is 11.4. The van der Waals surface area contributed by atoms with Crippen LogP contribution in [0.25, 0.3) is 11.3 Å². The van der Waals surface area contributed by atoms with Crippen molar-refractivity contribution >= 4 is 27.9 Å². The van der Waals surface area contributed by atoms with Gasteiger partial charge in [-0.05, 0) is 30.2 Å². The third-order valence-corrected chi connectivity index (χ3v) is 4.00. The molecule has 24 heavy (non-hydrogen) atoms. The van der Waals surface area contributed by atoms with Crippen LogP contribution in [0.2, 0.25) is 0 Å². The maximum Gasteiger partial charge on any atom is 0.312 e. The van der Waals surface area contributed by atoms with Gasteiger partial charge in [-0.25, -0.2) is 4.79 Å². The van der Waals surface area contributed by atoms with Gasteiger partial charge in [0.2, 0.25) is 5.91 Å². The van der Waals surface area contributed by atoms with E-state index in [4.69, 9.17) is 10.2 Å². The molecule has 128 valence electrons. The molecule has 0 saturated carbocycles. The van der Waals surface area contributed by atoms with Crippen LogP contribution in [0.1, 0.15) is 19.6 Å². The number of rotatable bonds is 6. The van der Waals surface area contributed by atoms with Gasteiger partial charge < -0.3 is 20.8 Å². The van der Waals surface area contributed by atoms with Crippen LogP contribution in [-0.4, -0.2) is 18.0 Å². The fourth-order valence-electron chi connectivity index (χ4n) is 2.21. The third-order valence-electron chi connectivity index (χ3n) is 3.47. The number of furan rings is 1. The zero-order valence-electron chi connectivity index (χ0n) is 13.5. The smallest absolute Gasteiger partial charge is 0.312 e. The Kier molecular flexibility index (Phi) is 6.03. The number of hydrogen-bond donors (Lipinski definition) is 3. The van der Waals surface area contributed by atoms with Crippen LogP contribution in [0.15, 0.2) is 45.3 Å². The van der Waals surface area contributed by atoms with Gasteiger partial charge in [0.1, 0.15) is 17.6 Å². The first-order valence-electron chi connectivity index (χ1n) is 7.55. The van der Waals surface area contributed by atoms with E-state index in [1.54, 1.807) is 0 Å². The molecule has 0 spiro atoms. The Morgan fingerprint density at radius 1 is 1.17 bits per heavy atom. The summed E-state index contributed by atoms with van der Waals surface area (Å²) < 4.78 is 6.73. The molecule has 0 aliphatic heterocycles. The highest BCUT2D eigenvalue weighted by molar-refractivity contribution is 9.10. The minimum Gasteiger partial charge on any atom is -0.459 e. The lowest BCUT2D eigenvalue weighted by molar-refractivity contribution is -0.124. The quantitative estimate of drug-likeness (QED) is 0.703. The van der Waals surface area contributed by atoms with E-state index in [-0.39, 0.29) is 18.4 Å². The zero-order valence-corrected chi connectivity index (χ0v) is 15.1. The SMILES string of the molecule is CC(C)[C@@H](NC(N)=O)C(=O)NCc1ccc(-c2ccc(Br)cc2)o1. The van der Waals surface area contributed by atoms with Crippen LogP contribution in [0.4, 0.5) is 4.79 Å². The zero-order chi connectivity index (χ0) is 17.7. The first kappa shape index (κ1) is 18.1. The largest absolute Gasteiger partial charge is 0.459 e. The number of halogens is 1. The molecule has 4 N–H and O–H groups in total. The van der Waals surface area contributed by atoms with Crippen LogP contribution >= 0.6 is 15.9 Å². The van der Waals surface area contributed by atoms with E-state index in [9.17, 15) is 9.59 Å². The maximum atomic E-state index is 12.2. The highest BCUT2D eigenvalue weighted by Gasteiger charge is 2.23. The number of urea groups is 1. The number of carbonyl (C=O) groups is 2. The van der Waals surface area contributed by atoms with Crippen LogP contribution in [0.5, 0.6) is 0 Å². The fraction of sp³-hybridized carbons (Fsp3) is 0.294. The van der Waals surface area contributed by atoms with Gasteiger partial charge in [0, 0.05) is 10.0 Å². The average molecular weight is 394 g/mol. The van der Waals surface area contributed by atoms with Gasteiger partial charge in [0.15, 0.2) is 0 Å². The molecule has 0 aliphatic carbocycles. The number of nitrogens with two attached hydrogens (primary N) is 1. The van der Waals surface area contributed by atoms with Crippen molar-refractivity contribution in [1.29, 1.82) is 0 Å². The second-order valence-corrected chi connectivity index (χ2v) is 6.64. The molecule has 0 aliphatic rings. The Hall–Kier alpha value is -2.28. The van der Waals surface area contributed by atoms with Crippen molar-refractivity contribution in [2.45, 2.75) is 26.4 Å². The summed E-state index contributed by atoms with van der Waals surface area (Å²) in [6, 6.07) is 10.0. The van der Waals surface area contributed by atoms with Crippen LogP contribution in [0.3, 0.4) is 0 Å². The Labute approximate surface area is 148 Å². The summed E-state index contributed by atoms with van der Waals surface area (Å²) in [5, 5.41) is 5.19. The predicted octanol–water partition coefficient (Wildman–Crippen LogP) is 3.02. The van der Waals surface area contributed by atoms with E-state index >= 15 is 0 Å². The van der Waals surface area contributed by atoms with Crippen LogP contribution in [-0.2, 0) is 11.3 Å². The maximum absolute atomic E-state index is 12.2. The molecule has 6 nitrogen and oxygen atoms in total. The van der Waals surface area contributed by atoms with Crippen LogP contribution in [0, 0.1) is 5.92 Å². The second-order valence-electron chi connectivity index (χ2n) is 5.72. The van der Waals surface area contributed by atoms with Crippen molar-refractivity contribution in [3.63, 3.8) is 0 Å². The van der Waals surface area contributed by atoms with E-state index in [1.165, 1.54) is 0 Å². The summed E-state index contributed by atoms with van der Waals surface area (Å²) in [6.07, 6.45) is 0. The number of amides is 3. The lowest BCUT2D eigenvalue weighted by atomic mass is 10.0. The molecule has 1 aromatic heterocycles. The topological polar surface area (TPSA) is 97.4 Å². The molecule has 1 heterocycles. The lowest BCUT2D eigenvalue weighted by Gasteiger charge is -2.20. The molecule has 2 aromatic rings. The van der Waals surface area contributed by atoms with Crippen molar-refractivity contribution in [3.05, 3.63) is 46.6 Å². The summed E-state index contributed by atoms with van der Waals surface area (Å²) >= 11 is 3.39. The van der Waals surface area contributed by atoms with Gasteiger partial charge in [0.25, 0.3) is 0 Å². The van der Waals surface area contributed by atoms with Crippen molar-refractivity contribution in [2.24, 2.45) is 11.7 Å². The minimum absolute atomic E-state index is 0.0765. The normalized spacial score (nSPS) is 12.0. The monoisotopic (exact) mass is 393 g/mol. The number of hydrogen-bond acceptors (Lipinski definition) is 3. The fourth-order valence-corrected chi connectivity index (χ4v) is 2.48. The molecule has 1 aromatic carbocycles. The predicted molar refractivity (Wildman–Crippen MR) is 95.0 cm³/mol. The van der Waals surface area contributed by atoms with E-state index in [2.05, 4.69) is 26.6 Å². The molecule has 7 heteroatoms. The number of benzene rings is 1. The molecule has 3 amide bonds. The lowest BCUT2D eigenvalue weighted by Crippen LogP contribution is -2.51. The summed E-state index contributed by atoms with van der Waals surface area (Å²) in [5.41, 5.74) is 6.05. The Morgan fingerprint density at radius 3 is 2.42 bits per heavy atom. The standard InChI is InChI=1S/C17H20BrN3O3/c1-10(2)15(21-17(19)23)16(22)20-9-13-7-8-14(24-13)11-3-5-12(18)6-4-11/h3-8,10,15H,9H2,1-2H3,(H,20,22)(H3,19,21,23)/t15-/m1/s1. The van der Waals surface area contributed by atoms with Gasteiger partial charge in [-0.3, -0.25) is 4.79 Å². The second kappa shape index (κ2) is 8.01. The molecule has 0 unspecified atom stereocenters. The number of primary amides is 1. The van der Waals surface area contributed by atoms with Crippen LogP contribution < -0.4 is 16.4 Å². The number of nitrogens with one attached hydrogen (secondary N) is 2. The minimum atomic E-state index is -0.723. The molecular formula is C17H20BrN3O3. The van der Waals surface area contributed by atoms with Gasteiger partial charge in [-0.15, -0.1) is 0 Å². The van der Waals surface area contributed by atoms with Crippen molar-refractivity contribution in [1.82, 2.24) is 10.6 Å². The molecule has 2 rings (SSSR count). The van der Waals surface area contributed by atoms with Gasteiger partial charge in [-0.1, -0.05) is 41.9 Å². The van der Waals surface area contributed by atoms with E-state index in [0.717, 1.165) is 15.8 Å². The summed E-state index contributed by atoms with van der Waals surface area (Å²) in [5.74, 6) is 0.975. The summed E-state index contributed by atoms with van der Waals surface area (Å²) in [7, 11) is 0. The highest BCUT2D eigenvalue weighted by Crippen LogP contribution is 2.23. The Bertz CT molecular complexity index is 710. The van der Waals surface area contributed by atoms with Crippen molar-refractivity contribution < 1.29 is 14.0 Å². The number of carbonyl (C=O) groups excluding carboxylic acids is 2. The third kappa shape index (κ3) is 4.86. The van der Waals surface area contributed by atoms with E-state index in [0.29, 0.717) is 5.76 Å². The Balaban J connectivity index is 1.98. The molecule has 0 radical (unpaired) electrons. The van der Waals surface area contributed by atoms with Gasteiger partial charge in [0.05, 0.1) is 6.54 Å². The van der Waals surface area contributed by atoms with Crippen molar-refractivity contribution in [3.8, 4) is 11.3 Å². The van der Waals surface area contributed by atoms with E-state index in [1.807, 2.05) is 50.2 Å². The highest BCUT2D eigenvalue weighted by atomic mass is 79.9. The summed E-state index contributed by atoms with van der Waals surface area (Å²) in [4.78, 5) is 23.2. The molecular weight excluding hydrogens is 374 g/mol. The van der Waals surface area contributed by atoms with Crippen molar-refractivity contribution in [2.75, 3.05) is 0 Å².